The van der Waals surface area contributed by atoms with Crippen LogP contribution in [0.2, 0.25) is 0 Å². The molecule has 3 heteroatoms. The van der Waals surface area contributed by atoms with E-state index in [4.69, 9.17) is 9.47 Å². The molecule has 3 nitrogen and oxygen atoms in total. The summed E-state index contributed by atoms with van der Waals surface area (Å²) in [6, 6.07) is 6.09. The molecule has 1 aromatic rings. The molecule has 1 aliphatic rings. The molecule has 0 aromatic heterocycles. The molecule has 2 rings (SSSR count). The van der Waals surface area contributed by atoms with Crippen LogP contribution in [0.1, 0.15) is 29.2 Å². The van der Waals surface area contributed by atoms with Gasteiger partial charge in [0.2, 0.25) is 0 Å². The maximum atomic E-state index is 10.1. The molecule has 0 spiro atoms. The average molecular weight is 250 g/mol. The largest absolute Gasteiger partial charge is 0.386 e. The maximum Gasteiger partial charge on any atom is 0.103 e. The van der Waals surface area contributed by atoms with Gasteiger partial charge in [-0.05, 0) is 31.4 Å². The quantitative estimate of drug-likeness (QED) is 0.872. The zero-order chi connectivity index (χ0) is 13.0. The Bertz CT molecular complexity index is 383. The van der Waals surface area contributed by atoms with Crippen molar-refractivity contribution in [3.63, 3.8) is 0 Å². The Morgan fingerprint density at radius 1 is 1.44 bits per heavy atom. The smallest absolute Gasteiger partial charge is 0.103 e. The minimum Gasteiger partial charge on any atom is -0.386 e. The molecular formula is C15H22O3. The molecule has 2 unspecified atom stereocenters. The van der Waals surface area contributed by atoms with Crippen LogP contribution in [0.3, 0.4) is 0 Å². The standard InChI is InChI=1S/C15H22O3/c1-11-3-4-14(12(2)7-11)15(16)10-18-9-13-5-6-17-8-13/h3-4,7,13,15-16H,5-6,8-10H2,1-2H3. The fraction of sp³-hybridized carbons (Fsp3) is 0.600. The lowest BCUT2D eigenvalue weighted by molar-refractivity contribution is 0.0182. The highest BCUT2D eigenvalue weighted by molar-refractivity contribution is 5.31. The lowest BCUT2D eigenvalue weighted by Gasteiger charge is -2.16. The predicted octanol–water partition coefficient (Wildman–Crippen LogP) is 2.39. The number of aliphatic hydroxyl groups is 1. The summed E-state index contributed by atoms with van der Waals surface area (Å²) in [7, 11) is 0. The fourth-order valence-corrected chi connectivity index (χ4v) is 2.35. The monoisotopic (exact) mass is 250 g/mol. The van der Waals surface area contributed by atoms with Crippen LogP contribution < -0.4 is 0 Å². The Morgan fingerprint density at radius 2 is 2.28 bits per heavy atom. The molecule has 1 saturated heterocycles. The van der Waals surface area contributed by atoms with E-state index in [1.807, 2.05) is 19.1 Å². The molecule has 1 N–H and O–H groups in total. The summed E-state index contributed by atoms with van der Waals surface area (Å²) >= 11 is 0. The molecule has 18 heavy (non-hydrogen) atoms. The van der Waals surface area contributed by atoms with Gasteiger partial charge in [-0.2, -0.15) is 0 Å². The van der Waals surface area contributed by atoms with Gasteiger partial charge in [-0.1, -0.05) is 23.8 Å². The van der Waals surface area contributed by atoms with E-state index in [-0.39, 0.29) is 0 Å². The summed E-state index contributed by atoms with van der Waals surface area (Å²) in [6.45, 7) is 6.76. The summed E-state index contributed by atoms with van der Waals surface area (Å²) in [5.74, 6) is 0.497. The highest BCUT2D eigenvalue weighted by Crippen LogP contribution is 2.20. The van der Waals surface area contributed by atoms with E-state index in [2.05, 4.69) is 13.0 Å². The fourth-order valence-electron chi connectivity index (χ4n) is 2.35. The third-order valence-electron chi connectivity index (χ3n) is 3.44. The first-order valence-electron chi connectivity index (χ1n) is 6.57. The van der Waals surface area contributed by atoms with Crippen molar-refractivity contribution in [2.45, 2.75) is 26.4 Å². The Labute approximate surface area is 109 Å². The molecule has 100 valence electrons. The van der Waals surface area contributed by atoms with Gasteiger partial charge in [-0.15, -0.1) is 0 Å². The zero-order valence-corrected chi connectivity index (χ0v) is 11.2. The van der Waals surface area contributed by atoms with Crippen LogP contribution in [-0.2, 0) is 9.47 Å². The van der Waals surface area contributed by atoms with Gasteiger partial charge < -0.3 is 14.6 Å². The van der Waals surface area contributed by atoms with Gasteiger partial charge in [-0.25, -0.2) is 0 Å². The van der Waals surface area contributed by atoms with E-state index in [9.17, 15) is 5.11 Å². The minimum atomic E-state index is -0.534. The normalized spacial score (nSPS) is 21.2. The van der Waals surface area contributed by atoms with Crippen molar-refractivity contribution in [2.75, 3.05) is 26.4 Å². The molecule has 0 bridgehead atoms. The summed E-state index contributed by atoms with van der Waals surface area (Å²) in [4.78, 5) is 0. The summed E-state index contributed by atoms with van der Waals surface area (Å²) in [5.41, 5.74) is 3.30. The Hall–Kier alpha value is -0.900. The maximum absolute atomic E-state index is 10.1. The second-order valence-electron chi connectivity index (χ2n) is 5.14. The van der Waals surface area contributed by atoms with Crippen molar-refractivity contribution in [1.29, 1.82) is 0 Å². The van der Waals surface area contributed by atoms with E-state index >= 15 is 0 Å². The van der Waals surface area contributed by atoms with Crippen LogP contribution in [0.4, 0.5) is 0 Å². The summed E-state index contributed by atoms with van der Waals surface area (Å²) in [5, 5.41) is 10.1. The van der Waals surface area contributed by atoms with Crippen molar-refractivity contribution in [3.05, 3.63) is 34.9 Å². The van der Waals surface area contributed by atoms with E-state index in [0.717, 1.165) is 30.8 Å². The van der Waals surface area contributed by atoms with Gasteiger partial charge >= 0.3 is 0 Å². The first kappa shape index (κ1) is 13.5. The Morgan fingerprint density at radius 3 is 2.94 bits per heavy atom. The first-order valence-corrected chi connectivity index (χ1v) is 6.57. The number of rotatable bonds is 5. The summed E-state index contributed by atoms with van der Waals surface area (Å²) in [6.07, 6.45) is 0.535. The van der Waals surface area contributed by atoms with Crippen molar-refractivity contribution >= 4 is 0 Å². The Balaban J connectivity index is 1.81. The molecule has 0 amide bonds. The molecule has 0 radical (unpaired) electrons. The van der Waals surface area contributed by atoms with E-state index in [1.165, 1.54) is 5.56 Å². The van der Waals surface area contributed by atoms with Gasteiger partial charge in [0.25, 0.3) is 0 Å². The van der Waals surface area contributed by atoms with Gasteiger partial charge in [0.05, 0.1) is 19.8 Å². The van der Waals surface area contributed by atoms with Crippen LogP contribution in [0.25, 0.3) is 0 Å². The van der Waals surface area contributed by atoms with E-state index < -0.39 is 6.10 Å². The molecule has 0 aliphatic carbocycles. The van der Waals surface area contributed by atoms with Gasteiger partial charge in [0.15, 0.2) is 0 Å². The van der Waals surface area contributed by atoms with Crippen molar-refractivity contribution in [2.24, 2.45) is 5.92 Å². The third kappa shape index (κ3) is 3.55. The number of aryl methyl sites for hydroxylation is 2. The number of ether oxygens (including phenoxy) is 2. The second kappa shape index (κ2) is 6.32. The molecule has 1 heterocycles. The topological polar surface area (TPSA) is 38.7 Å². The molecule has 1 aliphatic heterocycles. The van der Waals surface area contributed by atoms with Gasteiger partial charge in [-0.3, -0.25) is 0 Å². The van der Waals surface area contributed by atoms with Crippen molar-refractivity contribution < 1.29 is 14.6 Å². The molecule has 1 fully saturated rings. The Kier molecular flexibility index (Phi) is 4.75. The molecule has 1 aromatic carbocycles. The van der Waals surface area contributed by atoms with E-state index in [0.29, 0.717) is 19.1 Å². The third-order valence-corrected chi connectivity index (χ3v) is 3.44. The van der Waals surface area contributed by atoms with Crippen LogP contribution >= 0.6 is 0 Å². The predicted molar refractivity (Wildman–Crippen MR) is 70.6 cm³/mol. The number of hydrogen-bond acceptors (Lipinski definition) is 3. The highest BCUT2D eigenvalue weighted by atomic mass is 16.5. The van der Waals surface area contributed by atoms with Crippen LogP contribution in [0.15, 0.2) is 18.2 Å². The van der Waals surface area contributed by atoms with Crippen molar-refractivity contribution in [3.8, 4) is 0 Å². The lowest BCUT2D eigenvalue weighted by Crippen LogP contribution is -2.14. The lowest BCUT2D eigenvalue weighted by atomic mass is 10.0. The number of hydrogen-bond donors (Lipinski definition) is 1. The zero-order valence-electron chi connectivity index (χ0n) is 11.2. The number of aliphatic hydroxyl groups excluding tert-OH is 1. The van der Waals surface area contributed by atoms with Crippen LogP contribution in [-0.4, -0.2) is 31.5 Å². The van der Waals surface area contributed by atoms with Gasteiger partial charge in [0.1, 0.15) is 6.10 Å². The second-order valence-corrected chi connectivity index (χ2v) is 5.14. The SMILES string of the molecule is Cc1ccc(C(O)COCC2CCOC2)c(C)c1. The minimum absolute atomic E-state index is 0.362. The number of benzene rings is 1. The average Bonchev–Trinajstić information content (AvgIpc) is 2.81. The molecule has 2 atom stereocenters. The van der Waals surface area contributed by atoms with Gasteiger partial charge in [0, 0.05) is 12.5 Å². The molecule has 0 saturated carbocycles. The van der Waals surface area contributed by atoms with Crippen molar-refractivity contribution in [1.82, 2.24) is 0 Å². The summed E-state index contributed by atoms with van der Waals surface area (Å²) < 4.78 is 10.9. The van der Waals surface area contributed by atoms with Crippen LogP contribution in [0, 0.1) is 19.8 Å². The highest BCUT2D eigenvalue weighted by Gasteiger charge is 2.17. The molecular weight excluding hydrogens is 228 g/mol. The first-order chi connectivity index (χ1) is 8.66. The van der Waals surface area contributed by atoms with E-state index in [1.54, 1.807) is 0 Å². The van der Waals surface area contributed by atoms with Crippen LogP contribution in [0.5, 0.6) is 0 Å².